The van der Waals surface area contributed by atoms with Crippen molar-refractivity contribution in [3.8, 4) is 5.75 Å². The van der Waals surface area contributed by atoms with Crippen LogP contribution in [0.2, 0.25) is 0 Å². The molecule has 1 N–H and O–H groups in total. The van der Waals surface area contributed by atoms with Crippen LogP contribution in [0.15, 0.2) is 12.1 Å². The molecule has 1 aromatic rings. The van der Waals surface area contributed by atoms with Gasteiger partial charge >= 0.3 is 0 Å². The van der Waals surface area contributed by atoms with E-state index in [1.165, 1.54) is 28.9 Å². The second-order valence-corrected chi connectivity index (χ2v) is 6.43. The third-order valence-electron chi connectivity index (χ3n) is 3.34. The molecule has 0 saturated heterocycles. The first kappa shape index (κ1) is 17.4. The van der Waals surface area contributed by atoms with Crippen molar-refractivity contribution in [3.05, 3.63) is 28.8 Å². The van der Waals surface area contributed by atoms with Crippen LogP contribution in [0.25, 0.3) is 0 Å². The quantitative estimate of drug-likeness (QED) is 0.678. The number of aryl methyl sites for hydroxylation is 2. The second kappa shape index (κ2) is 9.30. The predicted octanol–water partition coefficient (Wildman–Crippen LogP) is 4.50. The second-order valence-electron chi connectivity index (χ2n) is 5.28. The van der Waals surface area contributed by atoms with E-state index in [4.69, 9.17) is 4.74 Å². The molecule has 0 aliphatic carbocycles. The highest BCUT2D eigenvalue weighted by Gasteiger charge is 2.18. The minimum Gasteiger partial charge on any atom is -0.496 e. The number of hydrogen-bond donors (Lipinski definition) is 1. The molecule has 0 aliphatic heterocycles. The number of ether oxygens (including phenoxy) is 1. The van der Waals surface area contributed by atoms with Gasteiger partial charge in [0.05, 0.1) is 7.11 Å². The van der Waals surface area contributed by atoms with E-state index in [9.17, 15) is 0 Å². The summed E-state index contributed by atoms with van der Waals surface area (Å²) >= 11 is 2.02. The van der Waals surface area contributed by atoms with E-state index in [2.05, 4.69) is 45.1 Å². The Kier molecular flexibility index (Phi) is 8.08. The zero-order chi connectivity index (χ0) is 15.0. The van der Waals surface area contributed by atoms with Gasteiger partial charge in [0.25, 0.3) is 0 Å². The Hall–Kier alpha value is -0.670. The molecule has 0 fully saturated rings. The fraction of sp³-hybridized carbons (Fsp3) is 0.647. The average Bonchev–Trinajstić information content (AvgIpc) is 2.42. The van der Waals surface area contributed by atoms with E-state index in [0.717, 1.165) is 24.5 Å². The zero-order valence-corrected chi connectivity index (χ0v) is 14.4. The van der Waals surface area contributed by atoms with E-state index in [1.54, 1.807) is 7.11 Å². The molecular formula is C17H29NOS. The van der Waals surface area contributed by atoms with Crippen molar-refractivity contribution in [1.29, 1.82) is 0 Å². The summed E-state index contributed by atoms with van der Waals surface area (Å²) in [5, 5.41) is 3.68. The highest BCUT2D eigenvalue weighted by molar-refractivity contribution is 7.99. The van der Waals surface area contributed by atoms with Crippen molar-refractivity contribution in [2.24, 2.45) is 0 Å². The standard InChI is InChI=1S/C17H29NOS/c1-6-8-18-15(12-20-9-7-2)17-14(4)10-13(3)11-16(17)19-5/h10-11,15,18H,6-9,12H2,1-5H3. The molecule has 1 unspecified atom stereocenters. The van der Waals surface area contributed by atoms with E-state index < -0.39 is 0 Å². The van der Waals surface area contributed by atoms with Gasteiger partial charge in [0.1, 0.15) is 5.75 Å². The Balaban J connectivity index is 2.98. The van der Waals surface area contributed by atoms with Crippen molar-refractivity contribution in [1.82, 2.24) is 5.32 Å². The summed E-state index contributed by atoms with van der Waals surface area (Å²) in [5.41, 5.74) is 3.92. The highest BCUT2D eigenvalue weighted by Crippen LogP contribution is 2.32. The first-order valence-corrected chi connectivity index (χ1v) is 8.75. The summed E-state index contributed by atoms with van der Waals surface area (Å²) in [6.45, 7) is 9.81. The molecule has 0 amide bonds. The largest absolute Gasteiger partial charge is 0.496 e. The fourth-order valence-corrected chi connectivity index (χ4v) is 3.44. The molecule has 114 valence electrons. The van der Waals surface area contributed by atoms with Gasteiger partial charge in [-0.3, -0.25) is 0 Å². The molecule has 20 heavy (non-hydrogen) atoms. The van der Waals surface area contributed by atoms with Gasteiger partial charge in [-0.25, -0.2) is 0 Å². The first-order valence-electron chi connectivity index (χ1n) is 7.60. The Morgan fingerprint density at radius 1 is 1.20 bits per heavy atom. The molecule has 0 aliphatic rings. The molecule has 2 nitrogen and oxygen atoms in total. The molecule has 0 spiro atoms. The summed E-state index contributed by atoms with van der Waals surface area (Å²) in [4.78, 5) is 0. The van der Waals surface area contributed by atoms with Crippen molar-refractivity contribution in [3.63, 3.8) is 0 Å². The molecular weight excluding hydrogens is 266 g/mol. The molecule has 0 bridgehead atoms. The van der Waals surface area contributed by atoms with Gasteiger partial charge in [-0.05, 0) is 56.2 Å². The molecule has 0 heterocycles. The normalized spacial score (nSPS) is 12.4. The topological polar surface area (TPSA) is 21.3 Å². The molecule has 0 radical (unpaired) electrons. The molecule has 1 atom stereocenters. The van der Waals surface area contributed by atoms with Gasteiger partial charge in [-0.2, -0.15) is 11.8 Å². The number of hydrogen-bond acceptors (Lipinski definition) is 3. The van der Waals surface area contributed by atoms with Gasteiger partial charge in [0.15, 0.2) is 0 Å². The van der Waals surface area contributed by atoms with Crippen LogP contribution < -0.4 is 10.1 Å². The van der Waals surface area contributed by atoms with Crippen LogP contribution in [0.5, 0.6) is 5.75 Å². The van der Waals surface area contributed by atoms with Gasteiger partial charge < -0.3 is 10.1 Å². The number of nitrogens with one attached hydrogen (secondary N) is 1. The van der Waals surface area contributed by atoms with Crippen LogP contribution in [0, 0.1) is 13.8 Å². The van der Waals surface area contributed by atoms with Crippen LogP contribution >= 0.6 is 11.8 Å². The lowest BCUT2D eigenvalue weighted by molar-refractivity contribution is 0.401. The van der Waals surface area contributed by atoms with E-state index in [0.29, 0.717) is 6.04 Å². The number of benzene rings is 1. The summed E-state index contributed by atoms with van der Waals surface area (Å²) < 4.78 is 5.62. The van der Waals surface area contributed by atoms with E-state index >= 15 is 0 Å². The smallest absolute Gasteiger partial charge is 0.124 e. The summed E-state index contributed by atoms with van der Waals surface area (Å²) in [6, 6.07) is 4.78. The fourth-order valence-electron chi connectivity index (χ4n) is 2.46. The zero-order valence-electron chi connectivity index (χ0n) is 13.6. The molecule has 0 saturated carbocycles. The van der Waals surface area contributed by atoms with Gasteiger partial charge in [0.2, 0.25) is 0 Å². The number of thioether (sulfide) groups is 1. The Morgan fingerprint density at radius 3 is 2.55 bits per heavy atom. The van der Waals surface area contributed by atoms with Crippen LogP contribution in [0.1, 0.15) is 49.4 Å². The maximum Gasteiger partial charge on any atom is 0.124 e. The van der Waals surface area contributed by atoms with Crippen LogP contribution in [0.4, 0.5) is 0 Å². The summed E-state index contributed by atoms with van der Waals surface area (Å²) in [5.74, 6) is 3.35. The summed E-state index contributed by atoms with van der Waals surface area (Å²) in [6.07, 6.45) is 2.39. The Morgan fingerprint density at radius 2 is 1.95 bits per heavy atom. The van der Waals surface area contributed by atoms with Crippen molar-refractivity contribution >= 4 is 11.8 Å². The van der Waals surface area contributed by atoms with E-state index in [1.807, 2.05) is 11.8 Å². The van der Waals surface area contributed by atoms with Crippen LogP contribution in [-0.4, -0.2) is 25.2 Å². The van der Waals surface area contributed by atoms with Crippen molar-refractivity contribution in [2.75, 3.05) is 25.2 Å². The lowest BCUT2D eigenvalue weighted by atomic mass is 9.98. The monoisotopic (exact) mass is 295 g/mol. The van der Waals surface area contributed by atoms with Crippen molar-refractivity contribution in [2.45, 2.75) is 46.6 Å². The number of methoxy groups -OCH3 is 1. The maximum atomic E-state index is 5.62. The number of rotatable bonds is 9. The van der Waals surface area contributed by atoms with Crippen LogP contribution in [-0.2, 0) is 0 Å². The minimum atomic E-state index is 0.377. The Labute approximate surface area is 128 Å². The highest BCUT2D eigenvalue weighted by atomic mass is 32.2. The minimum absolute atomic E-state index is 0.377. The third kappa shape index (κ3) is 5.02. The molecule has 3 heteroatoms. The molecule has 0 aromatic heterocycles. The van der Waals surface area contributed by atoms with Crippen LogP contribution in [0.3, 0.4) is 0 Å². The Bertz CT molecular complexity index is 406. The van der Waals surface area contributed by atoms with Crippen molar-refractivity contribution < 1.29 is 4.74 Å². The lowest BCUT2D eigenvalue weighted by Crippen LogP contribution is -2.25. The lowest BCUT2D eigenvalue weighted by Gasteiger charge is -2.23. The molecule has 1 rings (SSSR count). The maximum absolute atomic E-state index is 5.62. The predicted molar refractivity (Wildman–Crippen MR) is 91.1 cm³/mol. The molecule has 1 aromatic carbocycles. The van der Waals surface area contributed by atoms with Gasteiger partial charge in [0, 0.05) is 17.4 Å². The van der Waals surface area contributed by atoms with Gasteiger partial charge in [-0.15, -0.1) is 0 Å². The summed E-state index contributed by atoms with van der Waals surface area (Å²) in [7, 11) is 1.77. The SMILES string of the molecule is CCCNC(CSCCC)c1c(C)cc(C)cc1OC. The van der Waals surface area contributed by atoms with Gasteiger partial charge in [-0.1, -0.05) is 19.9 Å². The average molecular weight is 295 g/mol. The van der Waals surface area contributed by atoms with E-state index in [-0.39, 0.29) is 0 Å². The first-order chi connectivity index (χ1) is 9.63. The third-order valence-corrected chi connectivity index (χ3v) is 4.60.